The summed E-state index contributed by atoms with van der Waals surface area (Å²) in [5, 5.41) is 3.03. The molecular formula is C21H21N3O. The van der Waals surface area contributed by atoms with Gasteiger partial charge in [0.15, 0.2) is 0 Å². The van der Waals surface area contributed by atoms with Crippen molar-refractivity contribution < 1.29 is 4.79 Å². The summed E-state index contributed by atoms with van der Waals surface area (Å²) in [6.45, 7) is 4.69. The number of nitrogens with zero attached hydrogens (tertiary/aromatic N) is 2. The molecule has 0 bridgehead atoms. The summed E-state index contributed by atoms with van der Waals surface area (Å²) in [7, 11) is 0. The number of hydrogen-bond donors (Lipinski definition) is 1. The highest BCUT2D eigenvalue weighted by molar-refractivity contribution is 5.89. The maximum absolute atomic E-state index is 13.0. The molecule has 25 heavy (non-hydrogen) atoms. The van der Waals surface area contributed by atoms with Gasteiger partial charge in [0.05, 0.1) is 18.3 Å². The molecule has 1 atom stereocenters. The van der Waals surface area contributed by atoms with Crippen molar-refractivity contribution in [2.24, 2.45) is 0 Å². The first kappa shape index (κ1) is 15.5. The number of rotatable bonds is 1. The van der Waals surface area contributed by atoms with E-state index in [1.807, 2.05) is 54.3 Å². The molecule has 2 heterocycles. The molecular weight excluding hydrogens is 310 g/mol. The molecule has 126 valence electrons. The van der Waals surface area contributed by atoms with Crippen molar-refractivity contribution in [1.29, 1.82) is 0 Å². The number of fused-ring (bicyclic) bond motifs is 3. The number of urea groups is 1. The van der Waals surface area contributed by atoms with Crippen LogP contribution in [0.15, 0.2) is 66.9 Å². The summed E-state index contributed by atoms with van der Waals surface area (Å²) in [6.07, 6.45) is 2.06. The molecule has 0 spiro atoms. The molecule has 3 aromatic rings. The van der Waals surface area contributed by atoms with Crippen molar-refractivity contribution in [3.8, 4) is 5.69 Å². The van der Waals surface area contributed by atoms with Gasteiger partial charge in [0.2, 0.25) is 0 Å². The number of nitrogens with one attached hydrogen (secondary N) is 1. The van der Waals surface area contributed by atoms with E-state index in [-0.39, 0.29) is 12.1 Å². The van der Waals surface area contributed by atoms with Crippen LogP contribution in [-0.2, 0) is 6.54 Å². The van der Waals surface area contributed by atoms with Gasteiger partial charge < -0.3 is 14.8 Å². The van der Waals surface area contributed by atoms with E-state index in [4.69, 9.17) is 0 Å². The van der Waals surface area contributed by atoms with Crippen LogP contribution < -0.4 is 5.32 Å². The summed E-state index contributed by atoms with van der Waals surface area (Å²) in [6, 6.07) is 20.1. The van der Waals surface area contributed by atoms with Gasteiger partial charge in [0, 0.05) is 17.6 Å². The van der Waals surface area contributed by atoms with E-state index in [1.165, 1.54) is 5.56 Å². The zero-order valence-corrected chi connectivity index (χ0v) is 14.4. The lowest BCUT2D eigenvalue weighted by molar-refractivity contribution is 0.189. The van der Waals surface area contributed by atoms with E-state index in [1.54, 1.807) is 0 Å². The smallest absolute Gasteiger partial charge is 0.318 e. The third-order valence-corrected chi connectivity index (χ3v) is 4.83. The summed E-state index contributed by atoms with van der Waals surface area (Å²) >= 11 is 0. The fraction of sp³-hybridized carbons (Fsp3) is 0.190. The molecule has 0 saturated carbocycles. The predicted molar refractivity (Wildman–Crippen MR) is 99.9 cm³/mol. The second-order valence-corrected chi connectivity index (χ2v) is 6.53. The van der Waals surface area contributed by atoms with E-state index in [0.717, 1.165) is 22.6 Å². The first-order valence-electron chi connectivity index (χ1n) is 8.53. The molecule has 1 aliphatic rings. The van der Waals surface area contributed by atoms with E-state index in [2.05, 4.69) is 41.2 Å². The van der Waals surface area contributed by atoms with Crippen LogP contribution in [0.4, 0.5) is 10.5 Å². The van der Waals surface area contributed by atoms with Crippen LogP contribution in [0.2, 0.25) is 0 Å². The molecule has 4 heteroatoms. The zero-order chi connectivity index (χ0) is 17.4. The average Bonchev–Trinajstić information content (AvgIpc) is 3.07. The van der Waals surface area contributed by atoms with E-state index in [0.29, 0.717) is 6.54 Å². The number of hydrogen-bond acceptors (Lipinski definition) is 1. The number of benzene rings is 2. The van der Waals surface area contributed by atoms with Crippen LogP contribution in [0.1, 0.15) is 29.8 Å². The quantitative estimate of drug-likeness (QED) is 0.677. The SMILES string of the molecule is Cc1ccc(NC(=O)N2Cc3ccccc3-n3cccc3[C@@H]2C)cc1. The molecule has 2 aromatic carbocycles. The van der Waals surface area contributed by atoms with E-state index in [9.17, 15) is 4.79 Å². The molecule has 0 unspecified atom stereocenters. The minimum atomic E-state index is -0.0826. The molecule has 0 radical (unpaired) electrons. The molecule has 1 N–H and O–H groups in total. The second-order valence-electron chi connectivity index (χ2n) is 6.53. The summed E-state index contributed by atoms with van der Waals surface area (Å²) in [5.74, 6) is 0. The molecule has 4 nitrogen and oxygen atoms in total. The fourth-order valence-corrected chi connectivity index (χ4v) is 3.39. The Kier molecular flexibility index (Phi) is 3.80. The first-order valence-corrected chi connectivity index (χ1v) is 8.53. The average molecular weight is 331 g/mol. The molecule has 0 aliphatic carbocycles. The van der Waals surface area contributed by atoms with Crippen molar-refractivity contribution in [2.75, 3.05) is 5.32 Å². The lowest BCUT2D eigenvalue weighted by Crippen LogP contribution is -2.36. The Morgan fingerprint density at radius 2 is 1.80 bits per heavy atom. The number of para-hydroxylation sites is 1. The zero-order valence-electron chi connectivity index (χ0n) is 14.4. The van der Waals surface area contributed by atoms with Gasteiger partial charge in [-0.05, 0) is 49.7 Å². The highest BCUT2D eigenvalue weighted by Gasteiger charge is 2.28. The van der Waals surface area contributed by atoms with Crippen LogP contribution in [0, 0.1) is 6.92 Å². The number of carbonyl (C=O) groups excluding carboxylic acids is 1. The summed E-state index contributed by atoms with van der Waals surface area (Å²) in [5.41, 5.74) is 5.39. The Labute approximate surface area is 147 Å². The number of aromatic nitrogens is 1. The minimum Gasteiger partial charge on any atom is -0.318 e. The van der Waals surface area contributed by atoms with Crippen molar-refractivity contribution in [3.63, 3.8) is 0 Å². The summed E-state index contributed by atoms with van der Waals surface area (Å²) < 4.78 is 2.18. The molecule has 2 amide bonds. The lowest BCUT2D eigenvalue weighted by Gasteiger charge is -2.27. The van der Waals surface area contributed by atoms with Gasteiger partial charge in [-0.3, -0.25) is 0 Å². The Balaban J connectivity index is 1.68. The predicted octanol–water partition coefficient (Wildman–Crippen LogP) is 4.89. The van der Waals surface area contributed by atoms with Gasteiger partial charge in [-0.2, -0.15) is 0 Å². The van der Waals surface area contributed by atoms with Crippen LogP contribution in [0.3, 0.4) is 0 Å². The largest absolute Gasteiger partial charge is 0.322 e. The van der Waals surface area contributed by atoms with Crippen molar-refractivity contribution in [2.45, 2.75) is 26.4 Å². The van der Waals surface area contributed by atoms with E-state index >= 15 is 0 Å². The Bertz CT molecular complexity index is 911. The maximum Gasteiger partial charge on any atom is 0.322 e. The Morgan fingerprint density at radius 3 is 2.60 bits per heavy atom. The van der Waals surface area contributed by atoms with Gasteiger partial charge in [0.1, 0.15) is 0 Å². The molecule has 0 saturated heterocycles. The molecule has 1 aliphatic heterocycles. The van der Waals surface area contributed by atoms with Crippen molar-refractivity contribution >= 4 is 11.7 Å². The van der Waals surface area contributed by atoms with Gasteiger partial charge >= 0.3 is 6.03 Å². The number of carbonyl (C=O) groups is 1. The fourth-order valence-electron chi connectivity index (χ4n) is 3.39. The Hall–Kier alpha value is -3.01. The minimum absolute atomic E-state index is 0.0205. The topological polar surface area (TPSA) is 37.3 Å². The van der Waals surface area contributed by atoms with Crippen LogP contribution >= 0.6 is 0 Å². The van der Waals surface area contributed by atoms with Crippen molar-refractivity contribution in [3.05, 3.63) is 83.7 Å². The first-order chi connectivity index (χ1) is 12.1. The monoisotopic (exact) mass is 331 g/mol. The van der Waals surface area contributed by atoms with Crippen LogP contribution in [0.5, 0.6) is 0 Å². The summed E-state index contributed by atoms with van der Waals surface area (Å²) in [4.78, 5) is 14.8. The number of amides is 2. The highest BCUT2D eigenvalue weighted by Crippen LogP contribution is 2.32. The molecule has 1 aromatic heterocycles. The number of anilines is 1. The maximum atomic E-state index is 13.0. The van der Waals surface area contributed by atoms with Gasteiger partial charge in [-0.15, -0.1) is 0 Å². The third-order valence-electron chi connectivity index (χ3n) is 4.83. The van der Waals surface area contributed by atoms with Gasteiger partial charge in [-0.1, -0.05) is 35.9 Å². The molecule has 4 rings (SSSR count). The second kappa shape index (κ2) is 6.13. The van der Waals surface area contributed by atoms with Gasteiger partial charge in [0.25, 0.3) is 0 Å². The normalized spacial score (nSPS) is 15.9. The number of aryl methyl sites for hydroxylation is 1. The molecule has 0 fully saturated rings. The lowest BCUT2D eigenvalue weighted by atomic mass is 10.1. The highest BCUT2D eigenvalue weighted by atomic mass is 16.2. The van der Waals surface area contributed by atoms with Crippen LogP contribution in [-0.4, -0.2) is 15.5 Å². The van der Waals surface area contributed by atoms with Crippen molar-refractivity contribution in [1.82, 2.24) is 9.47 Å². The van der Waals surface area contributed by atoms with Crippen LogP contribution in [0.25, 0.3) is 5.69 Å². The third kappa shape index (κ3) is 2.80. The van der Waals surface area contributed by atoms with E-state index < -0.39 is 0 Å². The standard InChI is InChI=1S/C21H21N3O/c1-15-9-11-18(12-10-15)22-21(25)24-14-17-6-3-4-7-20(17)23-13-5-8-19(23)16(24)2/h3-13,16H,14H2,1-2H3,(H,22,25)/t16-/m0/s1. The van der Waals surface area contributed by atoms with Gasteiger partial charge in [-0.25, -0.2) is 4.79 Å². The Morgan fingerprint density at radius 1 is 1.04 bits per heavy atom.